The maximum absolute atomic E-state index is 12.4. The molecule has 1 aliphatic rings. The van der Waals surface area contributed by atoms with Crippen molar-refractivity contribution in [2.75, 3.05) is 7.05 Å². The molecule has 1 fully saturated rings. The molecule has 2 N–H and O–H groups in total. The standard InChI is InChI=1S/C15H22ClN3O/c1-10-8-14(18-17-10)15(20)19(3)11(2)9-12-4-6-13(16)7-5-12/h4-7,10-11,14,17-18H,8-9H2,1-3H3. The first-order chi connectivity index (χ1) is 9.47. The third-order valence-corrected chi connectivity index (χ3v) is 4.10. The van der Waals surface area contributed by atoms with Crippen LogP contribution in [0.4, 0.5) is 0 Å². The molecule has 1 aliphatic heterocycles. The number of nitrogens with zero attached hydrogens (tertiary/aromatic N) is 1. The average Bonchev–Trinajstić information content (AvgIpc) is 2.86. The van der Waals surface area contributed by atoms with Crippen molar-refractivity contribution in [1.82, 2.24) is 15.8 Å². The van der Waals surface area contributed by atoms with Crippen molar-refractivity contribution in [3.8, 4) is 0 Å². The van der Waals surface area contributed by atoms with Crippen LogP contribution in [0, 0.1) is 0 Å². The molecule has 20 heavy (non-hydrogen) atoms. The normalized spacial score (nSPS) is 23.6. The molecule has 1 amide bonds. The maximum atomic E-state index is 12.4. The van der Waals surface area contributed by atoms with Gasteiger partial charge in [0.1, 0.15) is 6.04 Å². The van der Waals surface area contributed by atoms with Crippen molar-refractivity contribution in [1.29, 1.82) is 0 Å². The third kappa shape index (κ3) is 3.72. The van der Waals surface area contributed by atoms with E-state index in [1.165, 1.54) is 5.56 Å². The Balaban J connectivity index is 1.92. The van der Waals surface area contributed by atoms with E-state index in [-0.39, 0.29) is 18.0 Å². The highest BCUT2D eigenvalue weighted by Crippen LogP contribution is 2.14. The minimum Gasteiger partial charge on any atom is -0.341 e. The molecule has 0 aliphatic carbocycles. The van der Waals surface area contributed by atoms with Crippen molar-refractivity contribution in [2.24, 2.45) is 0 Å². The number of hydrogen-bond donors (Lipinski definition) is 2. The number of hydrazine groups is 1. The fourth-order valence-electron chi connectivity index (χ4n) is 2.44. The molecule has 3 unspecified atom stereocenters. The SMILES string of the molecule is CC1CC(C(=O)N(C)C(C)Cc2ccc(Cl)cc2)NN1. The summed E-state index contributed by atoms with van der Waals surface area (Å²) in [7, 11) is 1.87. The lowest BCUT2D eigenvalue weighted by Gasteiger charge is -2.27. The molecule has 0 bridgehead atoms. The molecule has 5 heteroatoms. The first kappa shape index (κ1) is 15.3. The van der Waals surface area contributed by atoms with Crippen molar-refractivity contribution in [3.05, 3.63) is 34.9 Å². The molecular formula is C15H22ClN3O. The van der Waals surface area contributed by atoms with E-state index in [9.17, 15) is 4.79 Å². The lowest BCUT2D eigenvalue weighted by molar-refractivity contribution is -0.133. The number of likely N-dealkylation sites (N-methyl/N-ethyl adjacent to an activating group) is 1. The summed E-state index contributed by atoms with van der Waals surface area (Å²) in [5, 5.41) is 0.737. The first-order valence-electron chi connectivity index (χ1n) is 6.99. The molecule has 3 atom stereocenters. The van der Waals surface area contributed by atoms with Gasteiger partial charge in [-0.15, -0.1) is 0 Å². The number of halogens is 1. The molecule has 1 aromatic carbocycles. The molecule has 0 radical (unpaired) electrons. The van der Waals surface area contributed by atoms with Crippen LogP contribution in [0.2, 0.25) is 5.02 Å². The first-order valence-corrected chi connectivity index (χ1v) is 7.37. The van der Waals surface area contributed by atoms with Gasteiger partial charge in [0.15, 0.2) is 0 Å². The summed E-state index contributed by atoms with van der Waals surface area (Å²) in [5.74, 6) is 0.142. The van der Waals surface area contributed by atoms with E-state index in [1.807, 2.05) is 36.2 Å². The fraction of sp³-hybridized carbons (Fsp3) is 0.533. The predicted molar refractivity (Wildman–Crippen MR) is 81.5 cm³/mol. The van der Waals surface area contributed by atoms with Gasteiger partial charge in [-0.25, -0.2) is 5.43 Å². The van der Waals surface area contributed by atoms with Gasteiger partial charge in [0.2, 0.25) is 5.91 Å². The van der Waals surface area contributed by atoms with Gasteiger partial charge in [-0.05, 0) is 44.4 Å². The van der Waals surface area contributed by atoms with Gasteiger partial charge in [0.05, 0.1) is 0 Å². The fourth-order valence-corrected chi connectivity index (χ4v) is 2.56. The van der Waals surface area contributed by atoms with Crippen LogP contribution >= 0.6 is 11.6 Å². The van der Waals surface area contributed by atoms with E-state index in [2.05, 4.69) is 24.7 Å². The van der Waals surface area contributed by atoms with Crippen LogP contribution in [0.25, 0.3) is 0 Å². The van der Waals surface area contributed by atoms with Crippen LogP contribution < -0.4 is 10.9 Å². The molecule has 2 rings (SSSR count). The van der Waals surface area contributed by atoms with Gasteiger partial charge in [0, 0.05) is 24.2 Å². The highest BCUT2D eigenvalue weighted by molar-refractivity contribution is 6.30. The van der Waals surface area contributed by atoms with E-state index in [0.29, 0.717) is 6.04 Å². The quantitative estimate of drug-likeness (QED) is 0.893. The van der Waals surface area contributed by atoms with Gasteiger partial charge >= 0.3 is 0 Å². The Hall–Kier alpha value is -1.10. The number of benzene rings is 1. The number of carbonyl (C=O) groups excluding carboxylic acids is 1. The van der Waals surface area contributed by atoms with Crippen LogP contribution in [0.1, 0.15) is 25.8 Å². The molecule has 0 spiro atoms. The van der Waals surface area contributed by atoms with Crippen molar-refractivity contribution in [3.63, 3.8) is 0 Å². The van der Waals surface area contributed by atoms with Crippen LogP contribution in [-0.4, -0.2) is 36.0 Å². The zero-order valence-corrected chi connectivity index (χ0v) is 12.9. The van der Waals surface area contributed by atoms with Gasteiger partial charge in [-0.2, -0.15) is 0 Å². The summed E-state index contributed by atoms with van der Waals surface area (Å²) in [4.78, 5) is 14.2. The lowest BCUT2D eigenvalue weighted by atomic mass is 10.0. The Kier molecular flexibility index (Phi) is 5.02. The lowest BCUT2D eigenvalue weighted by Crippen LogP contribution is -2.47. The summed E-state index contributed by atoms with van der Waals surface area (Å²) in [6.07, 6.45) is 1.66. The van der Waals surface area contributed by atoms with Gasteiger partial charge < -0.3 is 4.90 Å². The highest BCUT2D eigenvalue weighted by Gasteiger charge is 2.30. The second-order valence-electron chi connectivity index (χ2n) is 5.61. The van der Waals surface area contributed by atoms with Gasteiger partial charge in [-0.3, -0.25) is 10.2 Å². The molecule has 4 nitrogen and oxygen atoms in total. The Morgan fingerprint density at radius 3 is 2.60 bits per heavy atom. The third-order valence-electron chi connectivity index (χ3n) is 3.84. The summed E-state index contributed by atoms with van der Waals surface area (Å²) in [6, 6.07) is 8.15. The summed E-state index contributed by atoms with van der Waals surface area (Å²) < 4.78 is 0. The van der Waals surface area contributed by atoms with E-state index in [4.69, 9.17) is 11.6 Å². The van der Waals surface area contributed by atoms with Crippen LogP contribution in [-0.2, 0) is 11.2 Å². The Bertz CT molecular complexity index is 463. The monoisotopic (exact) mass is 295 g/mol. The Morgan fingerprint density at radius 1 is 1.40 bits per heavy atom. The largest absolute Gasteiger partial charge is 0.341 e. The van der Waals surface area contributed by atoms with Crippen molar-refractivity contribution in [2.45, 2.75) is 44.8 Å². The smallest absolute Gasteiger partial charge is 0.241 e. The minimum absolute atomic E-state index is 0.123. The predicted octanol–water partition coefficient (Wildman–Crippen LogP) is 1.98. The molecule has 1 heterocycles. The number of rotatable bonds is 4. The average molecular weight is 296 g/mol. The second-order valence-corrected chi connectivity index (χ2v) is 6.04. The van der Waals surface area contributed by atoms with Gasteiger partial charge in [-0.1, -0.05) is 23.7 Å². The van der Waals surface area contributed by atoms with E-state index in [1.54, 1.807) is 0 Å². The summed E-state index contributed by atoms with van der Waals surface area (Å²) in [6.45, 7) is 4.13. The van der Waals surface area contributed by atoms with Crippen LogP contribution in [0.3, 0.4) is 0 Å². The van der Waals surface area contributed by atoms with E-state index in [0.717, 1.165) is 17.9 Å². The number of hydrogen-bond acceptors (Lipinski definition) is 3. The molecule has 110 valence electrons. The minimum atomic E-state index is -0.123. The number of nitrogens with one attached hydrogen (secondary N) is 2. The van der Waals surface area contributed by atoms with Crippen molar-refractivity contribution >= 4 is 17.5 Å². The number of amides is 1. The molecular weight excluding hydrogens is 274 g/mol. The molecule has 0 saturated carbocycles. The molecule has 1 saturated heterocycles. The molecule has 1 aromatic rings. The second kappa shape index (κ2) is 6.57. The summed E-state index contributed by atoms with van der Waals surface area (Å²) in [5.41, 5.74) is 7.33. The zero-order valence-electron chi connectivity index (χ0n) is 12.2. The van der Waals surface area contributed by atoms with Crippen molar-refractivity contribution < 1.29 is 4.79 Å². The maximum Gasteiger partial charge on any atom is 0.241 e. The molecule has 0 aromatic heterocycles. The van der Waals surface area contributed by atoms with Gasteiger partial charge in [0.25, 0.3) is 0 Å². The number of carbonyl (C=O) groups is 1. The highest BCUT2D eigenvalue weighted by atomic mass is 35.5. The summed E-state index contributed by atoms with van der Waals surface area (Å²) >= 11 is 5.88. The zero-order chi connectivity index (χ0) is 14.7. The van der Waals surface area contributed by atoms with E-state index < -0.39 is 0 Å². The van der Waals surface area contributed by atoms with E-state index >= 15 is 0 Å². The van der Waals surface area contributed by atoms with Crippen LogP contribution in [0.15, 0.2) is 24.3 Å². The topological polar surface area (TPSA) is 44.4 Å². The van der Waals surface area contributed by atoms with Crippen LogP contribution in [0.5, 0.6) is 0 Å². The Labute approximate surface area is 125 Å². The Morgan fingerprint density at radius 2 is 2.05 bits per heavy atom.